The van der Waals surface area contributed by atoms with Crippen molar-refractivity contribution < 1.29 is 32.6 Å². The number of methoxy groups -OCH3 is 1. The fraction of sp³-hybridized carbons (Fsp3) is 0.263. The van der Waals surface area contributed by atoms with Crippen molar-refractivity contribution in [1.82, 2.24) is 0 Å². The molecule has 1 amide bonds. The molecule has 0 aromatic heterocycles. The number of hydrogen-bond acceptors (Lipinski definition) is 3. The van der Waals surface area contributed by atoms with Gasteiger partial charge >= 0.3 is 12.1 Å². The van der Waals surface area contributed by atoms with Crippen LogP contribution >= 0.6 is 0 Å². The van der Waals surface area contributed by atoms with E-state index in [0.717, 1.165) is 12.1 Å². The molecular weight excluding hydrogens is 363 g/mol. The number of amides is 1. The zero-order valence-corrected chi connectivity index (χ0v) is 14.2. The molecule has 2 N–H and O–H groups in total. The summed E-state index contributed by atoms with van der Waals surface area (Å²) < 4.78 is 43.5. The Labute approximate surface area is 152 Å². The maximum Gasteiger partial charge on any atom is 0.416 e. The average molecular weight is 379 g/mol. The van der Waals surface area contributed by atoms with Gasteiger partial charge < -0.3 is 15.2 Å². The number of aromatic carboxylic acids is 1. The van der Waals surface area contributed by atoms with Crippen LogP contribution in [0.5, 0.6) is 5.75 Å². The third kappa shape index (κ3) is 4.05. The van der Waals surface area contributed by atoms with E-state index in [4.69, 9.17) is 9.84 Å². The topological polar surface area (TPSA) is 75.6 Å². The molecule has 2 unspecified atom stereocenters. The van der Waals surface area contributed by atoms with Crippen molar-refractivity contribution in [3.63, 3.8) is 0 Å². The molecule has 0 radical (unpaired) electrons. The third-order valence-corrected chi connectivity index (χ3v) is 4.47. The summed E-state index contributed by atoms with van der Waals surface area (Å²) in [7, 11) is 1.32. The molecule has 1 fully saturated rings. The summed E-state index contributed by atoms with van der Waals surface area (Å²) in [5.74, 6) is -2.09. The molecule has 2 atom stereocenters. The minimum Gasteiger partial charge on any atom is -0.496 e. The molecule has 0 saturated heterocycles. The Morgan fingerprint density at radius 1 is 1.19 bits per heavy atom. The van der Waals surface area contributed by atoms with Gasteiger partial charge in [0.2, 0.25) is 5.91 Å². The third-order valence-electron chi connectivity index (χ3n) is 4.47. The van der Waals surface area contributed by atoms with Gasteiger partial charge in [-0.3, -0.25) is 4.79 Å². The van der Waals surface area contributed by atoms with Crippen LogP contribution in [0.3, 0.4) is 0 Å². The van der Waals surface area contributed by atoms with E-state index in [1.807, 2.05) is 0 Å². The normalized spacial score (nSPS) is 18.7. The minimum atomic E-state index is -4.43. The summed E-state index contributed by atoms with van der Waals surface area (Å²) in [6, 6.07) is 9.13. The number of hydrogen-bond donors (Lipinski definition) is 2. The molecule has 1 aliphatic rings. The molecule has 1 aliphatic carbocycles. The number of alkyl halides is 3. The summed E-state index contributed by atoms with van der Waals surface area (Å²) >= 11 is 0. The predicted molar refractivity (Wildman–Crippen MR) is 90.9 cm³/mol. The van der Waals surface area contributed by atoms with Crippen molar-refractivity contribution in [2.45, 2.75) is 18.5 Å². The first-order valence-electron chi connectivity index (χ1n) is 8.10. The number of carbonyl (C=O) groups is 2. The Hall–Kier alpha value is -3.03. The lowest BCUT2D eigenvalue weighted by Crippen LogP contribution is -2.15. The number of nitrogens with one attached hydrogen (secondary N) is 1. The van der Waals surface area contributed by atoms with Crippen LogP contribution in [0.1, 0.15) is 33.8 Å². The first kappa shape index (κ1) is 18.8. The molecule has 142 valence electrons. The highest BCUT2D eigenvalue weighted by atomic mass is 19.4. The lowest BCUT2D eigenvalue weighted by atomic mass is 10.1. The van der Waals surface area contributed by atoms with Crippen LogP contribution in [-0.2, 0) is 11.0 Å². The largest absolute Gasteiger partial charge is 0.496 e. The highest BCUT2D eigenvalue weighted by Gasteiger charge is 2.44. The van der Waals surface area contributed by atoms with Crippen LogP contribution in [-0.4, -0.2) is 24.1 Å². The highest BCUT2D eigenvalue weighted by molar-refractivity contribution is 5.97. The van der Waals surface area contributed by atoms with E-state index in [9.17, 15) is 22.8 Å². The fourth-order valence-corrected chi connectivity index (χ4v) is 2.98. The second-order valence-electron chi connectivity index (χ2n) is 6.28. The summed E-state index contributed by atoms with van der Waals surface area (Å²) in [5.41, 5.74) is 0.0594. The SMILES string of the molecule is COc1cc(NC(=O)C2CC2c2cccc(C(F)(F)F)c2)ccc1C(=O)O. The molecule has 2 aromatic rings. The molecule has 5 nitrogen and oxygen atoms in total. The summed E-state index contributed by atoms with van der Waals surface area (Å²) in [6.07, 6.45) is -3.97. The quantitative estimate of drug-likeness (QED) is 0.818. The van der Waals surface area contributed by atoms with E-state index >= 15 is 0 Å². The van der Waals surface area contributed by atoms with Crippen LogP contribution in [0, 0.1) is 5.92 Å². The van der Waals surface area contributed by atoms with Crippen molar-refractivity contribution in [3.05, 3.63) is 59.2 Å². The van der Waals surface area contributed by atoms with Crippen molar-refractivity contribution >= 4 is 17.6 Å². The number of benzene rings is 2. The van der Waals surface area contributed by atoms with Crippen LogP contribution in [0.4, 0.5) is 18.9 Å². The number of ether oxygens (including phenoxy) is 1. The Bertz CT molecular complexity index is 895. The van der Waals surface area contributed by atoms with Crippen LogP contribution in [0.15, 0.2) is 42.5 Å². The Morgan fingerprint density at radius 2 is 1.93 bits per heavy atom. The van der Waals surface area contributed by atoms with Gasteiger partial charge in [-0.05, 0) is 36.1 Å². The summed E-state index contributed by atoms with van der Waals surface area (Å²) in [6.45, 7) is 0. The van der Waals surface area contributed by atoms with E-state index in [1.165, 1.54) is 31.4 Å². The smallest absolute Gasteiger partial charge is 0.416 e. The molecule has 8 heteroatoms. The van der Waals surface area contributed by atoms with Gasteiger partial charge in [0.25, 0.3) is 0 Å². The fourth-order valence-electron chi connectivity index (χ4n) is 2.98. The zero-order chi connectivity index (χ0) is 19.8. The molecule has 0 bridgehead atoms. The molecule has 3 rings (SSSR count). The van der Waals surface area contributed by atoms with E-state index in [0.29, 0.717) is 17.7 Å². The molecule has 1 saturated carbocycles. The Morgan fingerprint density at radius 3 is 2.56 bits per heavy atom. The lowest BCUT2D eigenvalue weighted by Gasteiger charge is -2.10. The van der Waals surface area contributed by atoms with Crippen LogP contribution in [0.25, 0.3) is 0 Å². The minimum absolute atomic E-state index is 0.0382. The number of carboxylic acids is 1. The summed E-state index contributed by atoms with van der Waals surface area (Å²) in [5, 5.41) is 11.7. The van der Waals surface area contributed by atoms with Crippen molar-refractivity contribution in [3.8, 4) is 5.75 Å². The Balaban J connectivity index is 1.70. The molecule has 0 spiro atoms. The van der Waals surface area contributed by atoms with Gasteiger partial charge in [0.15, 0.2) is 0 Å². The van der Waals surface area contributed by atoms with Crippen LogP contribution < -0.4 is 10.1 Å². The maximum absolute atomic E-state index is 12.8. The van der Waals surface area contributed by atoms with Gasteiger partial charge in [-0.1, -0.05) is 18.2 Å². The first-order chi connectivity index (χ1) is 12.7. The number of rotatable bonds is 5. The van der Waals surface area contributed by atoms with Gasteiger partial charge in [0, 0.05) is 17.7 Å². The van der Waals surface area contributed by atoms with Gasteiger partial charge in [-0.2, -0.15) is 13.2 Å². The monoisotopic (exact) mass is 379 g/mol. The van der Waals surface area contributed by atoms with Gasteiger partial charge in [-0.15, -0.1) is 0 Å². The molecule has 0 heterocycles. The number of anilines is 1. The predicted octanol–water partition coefficient (Wildman–Crippen LogP) is 4.15. The van der Waals surface area contributed by atoms with Crippen LogP contribution in [0.2, 0.25) is 0 Å². The number of halogens is 3. The second kappa shape index (κ2) is 6.94. The van der Waals surface area contributed by atoms with Gasteiger partial charge in [0.05, 0.1) is 12.7 Å². The molecule has 2 aromatic carbocycles. The highest BCUT2D eigenvalue weighted by Crippen LogP contribution is 2.49. The average Bonchev–Trinajstić information content (AvgIpc) is 3.41. The maximum atomic E-state index is 12.8. The number of carboxylic acid groups (broad SMARTS) is 1. The van der Waals surface area contributed by atoms with E-state index in [1.54, 1.807) is 6.07 Å². The van der Waals surface area contributed by atoms with Crippen molar-refractivity contribution in [1.29, 1.82) is 0 Å². The first-order valence-corrected chi connectivity index (χ1v) is 8.10. The molecule has 0 aliphatic heterocycles. The van der Waals surface area contributed by atoms with E-state index in [2.05, 4.69) is 5.32 Å². The van der Waals surface area contributed by atoms with Crippen molar-refractivity contribution in [2.24, 2.45) is 5.92 Å². The van der Waals surface area contributed by atoms with Gasteiger partial charge in [0.1, 0.15) is 11.3 Å². The lowest BCUT2D eigenvalue weighted by molar-refractivity contribution is -0.137. The molecular formula is C19H16F3NO4. The number of carbonyl (C=O) groups excluding carboxylic acids is 1. The Kier molecular flexibility index (Phi) is 4.82. The van der Waals surface area contributed by atoms with Crippen molar-refractivity contribution in [2.75, 3.05) is 12.4 Å². The van der Waals surface area contributed by atoms with Gasteiger partial charge in [-0.25, -0.2) is 4.79 Å². The summed E-state index contributed by atoms with van der Waals surface area (Å²) in [4.78, 5) is 23.5. The molecule has 27 heavy (non-hydrogen) atoms. The second-order valence-corrected chi connectivity index (χ2v) is 6.28. The van der Waals surface area contributed by atoms with E-state index in [-0.39, 0.29) is 23.1 Å². The standard InChI is InChI=1S/C19H16F3NO4/c1-27-16-8-12(5-6-13(16)18(25)26)23-17(24)15-9-14(15)10-3-2-4-11(7-10)19(20,21)22/h2-8,14-15H,9H2,1H3,(H,23,24)(H,25,26). The van der Waals surface area contributed by atoms with E-state index < -0.39 is 23.6 Å². The zero-order valence-electron chi connectivity index (χ0n) is 14.2.